The van der Waals surface area contributed by atoms with E-state index in [0.717, 1.165) is 36.8 Å². The lowest BCUT2D eigenvalue weighted by molar-refractivity contribution is -0.383. The number of aryl methyl sites for hydroxylation is 1. The number of carbonyl (C=O) groups excluding carboxylic acids is 1. The number of urea groups is 1. The number of likely N-dealkylation sites (tertiary alicyclic amines) is 1. The topological polar surface area (TPSA) is 75.5 Å². The Morgan fingerprint density at radius 3 is 2.73 bits per heavy atom. The summed E-state index contributed by atoms with van der Waals surface area (Å²) >= 11 is 0. The van der Waals surface area contributed by atoms with Gasteiger partial charge in [-0.25, -0.2) is 4.79 Å². The van der Waals surface area contributed by atoms with Gasteiger partial charge in [0.2, 0.25) is 0 Å². The van der Waals surface area contributed by atoms with E-state index in [1.807, 2.05) is 30.0 Å². The van der Waals surface area contributed by atoms with Crippen LogP contribution in [-0.2, 0) is 0 Å². The molecule has 3 rings (SSSR count). The molecular formula is C20H23N3O3. The molecule has 2 aromatic carbocycles. The highest BCUT2D eigenvalue weighted by atomic mass is 16.6. The molecule has 2 aromatic rings. The maximum absolute atomic E-state index is 13.0. The number of amides is 2. The van der Waals surface area contributed by atoms with Crippen molar-refractivity contribution in [3.63, 3.8) is 0 Å². The van der Waals surface area contributed by atoms with Crippen LogP contribution in [0, 0.1) is 17.0 Å². The maximum Gasteiger partial charge on any atom is 0.322 e. The molecule has 26 heavy (non-hydrogen) atoms. The zero-order valence-electron chi connectivity index (χ0n) is 14.9. The fourth-order valence-corrected chi connectivity index (χ4v) is 3.50. The molecule has 1 fully saturated rings. The zero-order chi connectivity index (χ0) is 18.5. The Bertz CT molecular complexity index is 806. The predicted molar refractivity (Wildman–Crippen MR) is 101 cm³/mol. The first-order valence-corrected chi connectivity index (χ1v) is 8.94. The molecule has 2 amide bonds. The van der Waals surface area contributed by atoms with E-state index >= 15 is 0 Å². The Balaban J connectivity index is 1.86. The summed E-state index contributed by atoms with van der Waals surface area (Å²) in [5, 5.41) is 13.9. The Labute approximate surface area is 153 Å². The van der Waals surface area contributed by atoms with Crippen molar-refractivity contribution in [2.45, 2.75) is 38.6 Å². The fraction of sp³-hybridized carbons (Fsp3) is 0.350. The van der Waals surface area contributed by atoms with Crippen molar-refractivity contribution >= 4 is 17.4 Å². The van der Waals surface area contributed by atoms with E-state index in [1.54, 1.807) is 18.2 Å². The molecule has 0 radical (unpaired) electrons. The van der Waals surface area contributed by atoms with Crippen molar-refractivity contribution in [1.29, 1.82) is 0 Å². The van der Waals surface area contributed by atoms with Crippen LogP contribution in [0.2, 0.25) is 0 Å². The molecule has 0 saturated carbocycles. The van der Waals surface area contributed by atoms with Crippen LogP contribution in [0.5, 0.6) is 0 Å². The van der Waals surface area contributed by atoms with Crippen molar-refractivity contribution in [2.24, 2.45) is 0 Å². The van der Waals surface area contributed by atoms with Gasteiger partial charge in [0.25, 0.3) is 5.69 Å². The van der Waals surface area contributed by atoms with Crippen LogP contribution in [0.1, 0.15) is 42.9 Å². The van der Waals surface area contributed by atoms with Gasteiger partial charge in [0, 0.05) is 12.6 Å². The van der Waals surface area contributed by atoms with Crippen LogP contribution in [-0.4, -0.2) is 22.4 Å². The molecule has 136 valence electrons. The number of para-hydroxylation sites is 2. The number of nitro groups is 1. The second-order valence-corrected chi connectivity index (χ2v) is 6.68. The summed E-state index contributed by atoms with van der Waals surface area (Å²) < 4.78 is 0. The van der Waals surface area contributed by atoms with Gasteiger partial charge in [0.15, 0.2) is 0 Å². The van der Waals surface area contributed by atoms with E-state index in [2.05, 4.69) is 11.4 Å². The van der Waals surface area contributed by atoms with Crippen LogP contribution in [0.15, 0.2) is 48.5 Å². The first kappa shape index (κ1) is 17.9. The number of hydrogen-bond donors (Lipinski definition) is 1. The highest BCUT2D eigenvalue weighted by Gasteiger charge is 2.28. The first-order valence-electron chi connectivity index (χ1n) is 8.94. The number of anilines is 1. The minimum absolute atomic E-state index is 0.0137. The average Bonchev–Trinajstić information content (AvgIpc) is 2.88. The number of benzene rings is 2. The van der Waals surface area contributed by atoms with Crippen LogP contribution < -0.4 is 5.32 Å². The molecule has 1 heterocycles. The lowest BCUT2D eigenvalue weighted by Crippen LogP contribution is -2.38. The summed E-state index contributed by atoms with van der Waals surface area (Å²) in [7, 11) is 0. The van der Waals surface area contributed by atoms with Crippen LogP contribution in [0.3, 0.4) is 0 Å². The number of nitro benzene ring substituents is 1. The lowest BCUT2D eigenvalue weighted by atomic mass is 9.99. The highest BCUT2D eigenvalue weighted by Crippen LogP contribution is 2.32. The van der Waals surface area contributed by atoms with Crippen molar-refractivity contribution in [3.05, 3.63) is 69.8 Å². The minimum Gasteiger partial charge on any atom is -0.317 e. The van der Waals surface area contributed by atoms with Gasteiger partial charge >= 0.3 is 6.03 Å². The molecule has 0 bridgehead atoms. The van der Waals surface area contributed by atoms with Crippen molar-refractivity contribution in [3.8, 4) is 0 Å². The van der Waals surface area contributed by atoms with Gasteiger partial charge in [0.05, 0.1) is 11.0 Å². The third-order valence-corrected chi connectivity index (χ3v) is 4.78. The summed E-state index contributed by atoms with van der Waals surface area (Å²) in [6.45, 7) is 2.68. The van der Waals surface area contributed by atoms with Gasteiger partial charge in [-0.2, -0.15) is 0 Å². The second kappa shape index (κ2) is 7.99. The van der Waals surface area contributed by atoms with Gasteiger partial charge in [0.1, 0.15) is 5.69 Å². The number of carbonyl (C=O) groups is 1. The third kappa shape index (κ3) is 4.02. The average molecular weight is 353 g/mol. The summed E-state index contributed by atoms with van der Waals surface area (Å²) in [4.78, 5) is 25.5. The molecule has 6 nitrogen and oxygen atoms in total. The number of hydrogen-bond acceptors (Lipinski definition) is 3. The monoisotopic (exact) mass is 353 g/mol. The van der Waals surface area contributed by atoms with E-state index in [0.29, 0.717) is 6.54 Å². The maximum atomic E-state index is 13.0. The molecule has 1 unspecified atom stereocenters. The van der Waals surface area contributed by atoms with E-state index in [-0.39, 0.29) is 23.4 Å². The Morgan fingerprint density at radius 1 is 1.15 bits per heavy atom. The molecule has 1 N–H and O–H groups in total. The normalized spacial score (nSPS) is 17.4. The minimum atomic E-state index is -0.476. The van der Waals surface area contributed by atoms with E-state index < -0.39 is 4.92 Å². The molecular weight excluding hydrogens is 330 g/mol. The summed E-state index contributed by atoms with van der Waals surface area (Å²) in [6, 6.07) is 14.2. The zero-order valence-corrected chi connectivity index (χ0v) is 14.9. The van der Waals surface area contributed by atoms with E-state index in [1.165, 1.54) is 6.07 Å². The third-order valence-electron chi connectivity index (χ3n) is 4.78. The van der Waals surface area contributed by atoms with Crippen LogP contribution in [0.4, 0.5) is 16.2 Å². The van der Waals surface area contributed by atoms with Crippen molar-refractivity contribution in [1.82, 2.24) is 4.90 Å². The van der Waals surface area contributed by atoms with E-state index in [9.17, 15) is 14.9 Å². The lowest BCUT2D eigenvalue weighted by Gasteiger charge is -2.30. The van der Waals surface area contributed by atoms with Gasteiger partial charge in [-0.15, -0.1) is 0 Å². The van der Waals surface area contributed by atoms with Gasteiger partial charge in [-0.05, 0) is 31.4 Å². The van der Waals surface area contributed by atoms with Crippen molar-refractivity contribution in [2.75, 3.05) is 11.9 Å². The first-order chi connectivity index (χ1) is 12.6. The SMILES string of the molecule is Cc1cccc(C2CCCCCN2C(=O)Nc2ccccc2[N+](=O)[O-])c1. The van der Waals surface area contributed by atoms with Crippen LogP contribution >= 0.6 is 0 Å². The summed E-state index contributed by atoms with van der Waals surface area (Å²) in [5.74, 6) is 0. The number of nitrogens with zero attached hydrogens (tertiary/aromatic N) is 2. The quantitative estimate of drug-likeness (QED) is 0.619. The molecule has 6 heteroatoms. The number of nitrogens with one attached hydrogen (secondary N) is 1. The summed E-state index contributed by atoms with van der Waals surface area (Å²) in [5.41, 5.74) is 2.41. The number of rotatable bonds is 3. The molecule has 1 saturated heterocycles. The molecule has 1 atom stereocenters. The standard InChI is InChI=1S/C20H23N3O3/c1-15-8-7-9-16(14-15)18-11-3-2-6-13-22(18)20(24)21-17-10-4-5-12-19(17)23(25)26/h4-5,7-10,12,14,18H,2-3,6,11,13H2,1H3,(H,21,24). The molecule has 0 spiro atoms. The summed E-state index contributed by atoms with van der Waals surface area (Å²) in [6.07, 6.45) is 3.98. The van der Waals surface area contributed by atoms with E-state index in [4.69, 9.17) is 0 Å². The smallest absolute Gasteiger partial charge is 0.317 e. The fourth-order valence-electron chi connectivity index (χ4n) is 3.50. The molecule has 1 aliphatic heterocycles. The second-order valence-electron chi connectivity index (χ2n) is 6.68. The predicted octanol–water partition coefficient (Wildman–Crippen LogP) is 5.05. The highest BCUT2D eigenvalue weighted by molar-refractivity contribution is 5.92. The molecule has 0 aliphatic carbocycles. The Hall–Kier alpha value is -2.89. The van der Waals surface area contributed by atoms with Crippen LogP contribution in [0.25, 0.3) is 0 Å². The van der Waals surface area contributed by atoms with Gasteiger partial charge in [-0.3, -0.25) is 10.1 Å². The van der Waals surface area contributed by atoms with Gasteiger partial charge in [-0.1, -0.05) is 54.8 Å². The Morgan fingerprint density at radius 2 is 1.96 bits per heavy atom. The van der Waals surface area contributed by atoms with Crippen molar-refractivity contribution < 1.29 is 9.72 Å². The molecule has 0 aromatic heterocycles. The van der Waals surface area contributed by atoms with Gasteiger partial charge < -0.3 is 10.2 Å². The Kier molecular flexibility index (Phi) is 5.51. The largest absolute Gasteiger partial charge is 0.322 e. The molecule has 1 aliphatic rings.